The number of rotatable bonds is 3. The molecular formula is C11H20Cl3V. The molecule has 0 atom stereocenters. The third-order valence-electron chi connectivity index (χ3n) is 3.12. The zero-order valence-corrected chi connectivity index (χ0v) is 13.3. The van der Waals surface area contributed by atoms with Crippen molar-refractivity contribution < 1.29 is 17.4 Å². The van der Waals surface area contributed by atoms with Crippen LogP contribution in [0.3, 0.4) is 0 Å². The first-order valence-electron chi connectivity index (χ1n) is 4.73. The molecule has 0 spiro atoms. The molecule has 0 aliphatic heterocycles. The Morgan fingerprint density at radius 3 is 1.93 bits per heavy atom. The molecule has 0 amide bonds. The van der Waals surface area contributed by atoms with Gasteiger partial charge in [-0.05, 0) is 0 Å². The van der Waals surface area contributed by atoms with Crippen LogP contribution in [0.25, 0.3) is 0 Å². The molecular weight excluding hydrogens is 289 g/mol. The first-order valence-corrected chi connectivity index (χ1v) is 5.43. The Morgan fingerprint density at radius 2 is 1.67 bits per heavy atom. The molecule has 0 aromatic heterocycles. The molecule has 4 heteroatoms. The third kappa shape index (κ3) is 4.75. The van der Waals surface area contributed by atoms with E-state index in [9.17, 15) is 0 Å². The second-order valence-corrected chi connectivity index (χ2v) is 4.58. The van der Waals surface area contributed by atoms with E-state index in [2.05, 4.69) is 50.3 Å². The SMILES string of the molecule is CCC(C)(CC)C1=[C]([V])CC=C1.Cl.Cl.Cl. The predicted molar refractivity (Wildman–Crippen MR) is 71.2 cm³/mol. The fraction of sp³-hybridized carbons (Fsp3) is 0.636. The molecule has 0 heterocycles. The van der Waals surface area contributed by atoms with Crippen LogP contribution in [0.5, 0.6) is 0 Å². The smallest absolute Gasteiger partial charge is 0.147 e. The van der Waals surface area contributed by atoms with Crippen LogP contribution in [-0.4, -0.2) is 0 Å². The van der Waals surface area contributed by atoms with Gasteiger partial charge in [0.05, 0.1) is 0 Å². The fourth-order valence-corrected chi connectivity index (χ4v) is 2.38. The van der Waals surface area contributed by atoms with E-state index in [4.69, 9.17) is 0 Å². The van der Waals surface area contributed by atoms with E-state index in [1.54, 1.807) is 5.57 Å². The summed E-state index contributed by atoms with van der Waals surface area (Å²) >= 11 is 2.72. The van der Waals surface area contributed by atoms with Gasteiger partial charge in [-0.25, -0.2) is 0 Å². The van der Waals surface area contributed by atoms with Gasteiger partial charge in [-0.2, -0.15) is 0 Å². The van der Waals surface area contributed by atoms with Crippen molar-refractivity contribution in [3.63, 3.8) is 0 Å². The van der Waals surface area contributed by atoms with Gasteiger partial charge < -0.3 is 0 Å². The maximum Gasteiger partial charge on any atom is -0.147 e. The van der Waals surface area contributed by atoms with Crippen LogP contribution in [0.2, 0.25) is 0 Å². The minimum absolute atomic E-state index is 0. The van der Waals surface area contributed by atoms with E-state index >= 15 is 0 Å². The van der Waals surface area contributed by atoms with Gasteiger partial charge in [0.25, 0.3) is 0 Å². The molecule has 0 radical (unpaired) electrons. The summed E-state index contributed by atoms with van der Waals surface area (Å²) in [7, 11) is 0. The summed E-state index contributed by atoms with van der Waals surface area (Å²) < 4.78 is 1.51. The van der Waals surface area contributed by atoms with Crippen molar-refractivity contribution in [1.29, 1.82) is 0 Å². The zero-order valence-electron chi connectivity index (χ0n) is 9.45. The van der Waals surface area contributed by atoms with Crippen LogP contribution in [0.15, 0.2) is 22.0 Å². The molecule has 15 heavy (non-hydrogen) atoms. The molecule has 0 saturated carbocycles. The van der Waals surface area contributed by atoms with E-state index in [1.807, 2.05) is 0 Å². The van der Waals surface area contributed by atoms with Crippen molar-refractivity contribution in [3.8, 4) is 0 Å². The quantitative estimate of drug-likeness (QED) is 0.700. The first-order chi connectivity index (χ1) is 5.64. The second kappa shape index (κ2) is 9.02. The minimum atomic E-state index is 0. The van der Waals surface area contributed by atoms with Gasteiger partial charge in [-0.1, -0.05) is 0 Å². The number of halogens is 3. The van der Waals surface area contributed by atoms with E-state index < -0.39 is 0 Å². The van der Waals surface area contributed by atoms with Gasteiger partial charge >= 0.3 is 84.9 Å². The maximum atomic E-state index is 2.72. The average Bonchev–Trinajstić information content (AvgIpc) is 2.51. The second-order valence-electron chi connectivity index (χ2n) is 3.73. The summed E-state index contributed by atoms with van der Waals surface area (Å²) in [5.74, 6) is 0. The monoisotopic (exact) mass is 308 g/mol. The normalized spacial score (nSPS) is 14.1. The summed E-state index contributed by atoms with van der Waals surface area (Å²) in [4.78, 5) is 0. The fourth-order valence-electron chi connectivity index (χ4n) is 1.67. The van der Waals surface area contributed by atoms with Crippen molar-refractivity contribution in [2.24, 2.45) is 5.41 Å². The van der Waals surface area contributed by atoms with Crippen molar-refractivity contribution in [3.05, 3.63) is 22.0 Å². The summed E-state index contributed by atoms with van der Waals surface area (Å²) in [6, 6.07) is 0. The Labute approximate surface area is 122 Å². The number of allylic oxidation sites excluding steroid dienone is 4. The van der Waals surface area contributed by atoms with Crippen LogP contribution in [-0.2, 0) is 17.4 Å². The van der Waals surface area contributed by atoms with Crippen molar-refractivity contribution in [1.82, 2.24) is 0 Å². The largest absolute Gasteiger partial charge is 0.147 e. The van der Waals surface area contributed by atoms with Crippen LogP contribution in [0.1, 0.15) is 40.0 Å². The summed E-state index contributed by atoms with van der Waals surface area (Å²) in [6.45, 7) is 6.93. The topological polar surface area (TPSA) is 0 Å². The maximum absolute atomic E-state index is 2.72. The van der Waals surface area contributed by atoms with Gasteiger partial charge in [0.1, 0.15) is 0 Å². The zero-order chi connectivity index (χ0) is 9.19. The van der Waals surface area contributed by atoms with Gasteiger partial charge in [-0.15, -0.1) is 37.2 Å². The Balaban J connectivity index is -0.000000480. The molecule has 0 bridgehead atoms. The van der Waals surface area contributed by atoms with Crippen LogP contribution >= 0.6 is 37.2 Å². The number of hydrogen-bond acceptors (Lipinski definition) is 0. The van der Waals surface area contributed by atoms with Crippen LogP contribution in [0.4, 0.5) is 0 Å². The molecule has 0 saturated heterocycles. The van der Waals surface area contributed by atoms with Crippen LogP contribution < -0.4 is 0 Å². The van der Waals surface area contributed by atoms with Crippen LogP contribution in [0, 0.1) is 5.41 Å². The van der Waals surface area contributed by atoms with Gasteiger partial charge in [-0.3, -0.25) is 0 Å². The first kappa shape index (κ1) is 21.2. The summed E-state index contributed by atoms with van der Waals surface area (Å²) in [6.07, 6.45) is 8.20. The third-order valence-corrected chi connectivity index (χ3v) is 3.78. The molecule has 0 nitrogen and oxygen atoms in total. The Morgan fingerprint density at radius 1 is 1.20 bits per heavy atom. The average molecular weight is 310 g/mol. The predicted octanol–water partition coefficient (Wildman–Crippen LogP) is 4.84. The molecule has 0 unspecified atom stereocenters. The molecule has 1 aliphatic rings. The van der Waals surface area contributed by atoms with Gasteiger partial charge in [0.2, 0.25) is 0 Å². The summed E-state index contributed by atoms with van der Waals surface area (Å²) in [5.41, 5.74) is 1.97. The van der Waals surface area contributed by atoms with Gasteiger partial charge in [0.15, 0.2) is 0 Å². The van der Waals surface area contributed by atoms with E-state index in [1.165, 1.54) is 17.1 Å². The molecule has 1 aliphatic carbocycles. The van der Waals surface area contributed by atoms with E-state index in [-0.39, 0.29) is 37.2 Å². The van der Waals surface area contributed by atoms with E-state index in [0.717, 1.165) is 6.42 Å². The minimum Gasteiger partial charge on any atom is -0.147 e. The van der Waals surface area contributed by atoms with E-state index in [0.29, 0.717) is 5.41 Å². The molecule has 0 aromatic carbocycles. The Hall–Kier alpha value is 0.934. The molecule has 1 rings (SSSR count). The van der Waals surface area contributed by atoms with Crippen molar-refractivity contribution in [2.75, 3.05) is 0 Å². The van der Waals surface area contributed by atoms with Gasteiger partial charge in [0, 0.05) is 0 Å². The molecule has 0 fully saturated rings. The molecule has 0 N–H and O–H groups in total. The molecule has 0 aromatic rings. The Bertz CT molecular complexity index is 230. The number of hydrogen-bond donors (Lipinski definition) is 0. The summed E-state index contributed by atoms with van der Waals surface area (Å²) in [5, 5.41) is 0. The standard InChI is InChI=1S/C11H17.3ClH.V/c1-4-11(3,5-2)10-8-6-7-9-10;;;;/h6,8H,4-5,7H2,1-3H3;3*1H;. The molecule has 90 valence electrons. The van der Waals surface area contributed by atoms with Crippen molar-refractivity contribution >= 4 is 37.2 Å². The Kier molecular flexibility index (Phi) is 12.8. The van der Waals surface area contributed by atoms with Crippen molar-refractivity contribution in [2.45, 2.75) is 40.0 Å².